The number of aliphatic carboxylic acids is 2. The number of hydrogen-bond donors (Lipinski definition) is 17. The molecule has 46 nitrogen and oxygen atoms in total. The zero-order valence-corrected chi connectivity index (χ0v) is 47.8. The van der Waals surface area contributed by atoms with Gasteiger partial charge in [0.25, 0.3) is 0 Å². The van der Waals surface area contributed by atoms with Crippen molar-refractivity contribution in [1.29, 1.82) is 0 Å². The molecule has 25 atom stereocenters. The monoisotopic (exact) mass is 1380 g/mol. The summed E-state index contributed by atoms with van der Waals surface area (Å²) in [6.45, 7) is -2.29. The molecule has 0 bridgehead atoms. The fraction of sp³-hybridized carbons (Fsp3) is 0.861. The van der Waals surface area contributed by atoms with E-state index < -0.39 is 255 Å². The smallest absolute Gasteiger partial charge is 0.397 e. The highest BCUT2D eigenvalue weighted by atomic mass is 32.3. The molecular formula is C36H57N3O43S5. The Kier molecular flexibility index (Phi) is 24.7. The minimum Gasteiger partial charge on any atom is -0.479 e. The maximum absolute atomic E-state index is 13.0. The molecule has 0 aliphatic carbocycles. The van der Waals surface area contributed by atoms with E-state index >= 15 is 0 Å². The van der Waals surface area contributed by atoms with Gasteiger partial charge in [-0.1, -0.05) is 0 Å². The number of aliphatic hydroxyl groups excluding tert-OH is 7. The van der Waals surface area contributed by atoms with Gasteiger partial charge in [-0.25, -0.2) is 30.5 Å². The van der Waals surface area contributed by atoms with Crippen LogP contribution in [-0.4, -0.2) is 314 Å². The first kappa shape index (κ1) is 73.8. The molecule has 504 valence electrons. The zero-order valence-electron chi connectivity index (χ0n) is 43.7. The number of nitrogens with one attached hydrogen (secondary N) is 3. The molecule has 5 aliphatic rings. The molecule has 0 aromatic heterocycles. The molecule has 0 spiro atoms. The van der Waals surface area contributed by atoms with Gasteiger partial charge in [0.1, 0.15) is 104 Å². The van der Waals surface area contributed by atoms with E-state index in [-0.39, 0.29) is 0 Å². The summed E-state index contributed by atoms with van der Waals surface area (Å²) in [6.07, 6.45) is -58.0. The Morgan fingerprint density at radius 3 is 1.21 bits per heavy atom. The third-order valence-electron chi connectivity index (χ3n) is 12.5. The second kappa shape index (κ2) is 29.1. The summed E-state index contributed by atoms with van der Waals surface area (Å²) in [7, 11) is -28.6. The van der Waals surface area contributed by atoms with Crippen LogP contribution >= 0.6 is 0 Å². The Morgan fingerprint density at radius 1 is 0.368 bits per heavy atom. The summed E-state index contributed by atoms with van der Waals surface area (Å²) in [6, 6.07) is -6.65. The molecule has 5 heterocycles. The van der Waals surface area contributed by atoms with Crippen molar-refractivity contribution >= 4 is 81.7 Å². The van der Waals surface area contributed by atoms with Crippen LogP contribution in [0.15, 0.2) is 0 Å². The van der Waals surface area contributed by atoms with Crippen molar-refractivity contribution in [2.45, 2.75) is 174 Å². The molecule has 5 aliphatic heterocycles. The summed E-state index contributed by atoms with van der Waals surface area (Å²) < 4.78 is 238. The van der Waals surface area contributed by atoms with Crippen LogP contribution in [-0.2, 0) is 140 Å². The lowest BCUT2D eigenvalue weighted by Crippen LogP contribution is -2.71. The van der Waals surface area contributed by atoms with Crippen LogP contribution in [0.2, 0.25) is 0 Å². The molecule has 1 unspecified atom stereocenters. The molecule has 0 saturated carbocycles. The Hall–Kier alpha value is -3.94. The van der Waals surface area contributed by atoms with Crippen molar-refractivity contribution in [2.75, 3.05) is 19.8 Å². The van der Waals surface area contributed by atoms with Gasteiger partial charge in [0.15, 0.2) is 49.8 Å². The maximum atomic E-state index is 13.0. The van der Waals surface area contributed by atoms with E-state index in [1.165, 1.54) is 0 Å². The van der Waals surface area contributed by atoms with E-state index in [4.69, 9.17) is 51.4 Å². The lowest BCUT2D eigenvalue weighted by atomic mass is 9.94. The van der Waals surface area contributed by atoms with Crippen LogP contribution in [0.5, 0.6) is 0 Å². The minimum atomic E-state index is -6.10. The fourth-order valence-corrected chi connectivity index (χ4v) is 11.0. The number of hydrogen-bond acceptors (Lipinski definition) is 36. The number of carbonyl (C=O) groups is 5. The Bertz CT molecular complexity index is 3030. The first-order valence-electron chi connectivity index (χ1n) is 23.9. The first-order valence-corrected chi connectivity index (χ1v) is 30.7. The summed E-state index contributed by atoms with van der Waals surface area (Å²) >= 11 is 0. The van der Waals surface area contributed by atoms with Gasteiger partial charge in [-0.05, 0) is 0 Å². The Balaban J connectivity index is 1.56. The second-order valence-electron chi connectivity index (χ2n) is 18.8. The van der Waals surface area contributed by atoms with Crippen molar-refractivity contribution in [3.05, 3.63) is 0 Å². The summed E-state index contributed by atoms with van der Waals surface area (Å²) in [5, 5.41) is 105. The lowest BCUT2D eigenvalue weighted by Gasteiger charge is -2.50. The average molecular weight is 1380 g/mol. The van der Waals surface area contributed by atoms with Gasteiger partial charge in [0, 0.05) is 20.8 Å². The molecule has 5 fully saturated rings. The van der Waals surface area contributed by atoms with E-state index in [1.807, 2.05) is 10.6 Å². The van der Waals surface area contributed by atoms with Crippen LogP contribution in [0.3, 0.4) is 0 Å². The molecule has 5 rings (SSSR count). The van der Waals surface area contributed by atoms with Gasteiger partial charge in [-0.3, -0.25) is 37.1 Å². The number of amides is 3. The molecule has 0 aromatic carbocycles. The van der Waals surface area contributed by atoms with Crippen LogP contribution in [0.1, 0.15) is 20.8 Å². The predicted molar refractivity (Wildman–Crippen MR) is 254 cm³/mol. The summed E-state index contributed by atoms with van der Waals surface area (Å²) in [4.78, 5) is 62.8. The van der Waals surface area contributed by atoms with E-state index in [0.717, 1.165) is 13.8 Å². The number of aliphatic hydroxyl groups is 7. The third-order valence-corrected chi connectivity index (χ3v) is 14.7. The van der Waals surface area contributed by atoms with Gasteiger partial charge in [-0.2, -0.15) is 42.1 Å². The van der Waals surface area contributed by atoms with Gasteiger partial charge >= 0.3 is 63.9 Å². The van der Waals surface area contributed by atoms with Crippen LogP contribution < -0.4 is 16.0 Å². The largest absolute Gasteiger partial charge is 0.479 e. The highest BCUT2D eigenvalue weighted by Crippen LogP contribution is 2.38. The van der Waals surface area contributed by atoms with Gasteiger partial charge in [-0.15, -0.1) is 0 Å². The zero-order chi connectivity index (χ0) is 66.0. The Labute approximate surface area is 488 Å². The average Bonchev–Trinajstić information content (AvgIpc) is 0.937. The molecule has 0 radical (unpaired) electrons. The van der Waals surface area contributed by atoms with Crippen molar-refractivity contribution in [1.82, 2.24) is 16.0 Å². The topological polar surface area (TPSA) is 705 Å². The molecule has 0 aromatic rings. The minimum absolute atomic E-state index is 0.618. The predicted octanol–water partition coefficient (Wildman–Crippen LogP) is -12.2. The third kappa shape index (κ3) is 20.5. The number of carboxylic acids is 2. The SMILES string of the molecule is CC(=O)N[C@H]1[C@@H](O[C@H]2[C@H](O)[C@@H](O)[C@H](O[C@H]3[C@H](OS(=O)(=O)O)[C@@H](NC(C)=O)[C@@H](O[C@H]4[C@H](O)[C@@H](OS(=O)(=O)O)[C@H](O[C@H]5[C@H](O)[C@@H](NC(C)=O)C(O)O[C@@H]5COS(=O)(=O)O)O[C@H]4C(=O)O)O[C@@H]3COS(=O)(=O)O)O[C@@H]2C(=O)O)O[C@H](COS(=O)(=O)O)[C@@H](O)[C@@H]1O. The van der Waals surface area contributed by atoms with E-state index in [0.29, 0.717) is 6.92 Å². The van der Waals surface area contributed by atoms with Crippen molar-refractivity contribution < 1.29 is 198 Å². The molecule has 3 amide bonds. The standard InChI is InChI=1S/C36H57N3O43S5/c1-7(40)37-13-18(45)22(11(72-32(13)53)5-70-84(57,58)59)75-36-27(82-87(66,67)68)21(48)26(29(80-36)31(51)52)78-34-15(39-9(3)42)24(81-86(63,64)65)23(12(74-34)6-71-85(60,61)62)76-35-20(47)19(46)25(28(79-35)30(49)50)77-33-14(38-8(2)41)17(44)16(43)10(73-33)4-69-83(54,55)56/h10-29,32-36,43-48,53H,4-6H2,1-3H3,(H,37,40)(H,38,41)(H,39,42)(H,49,50)(H,51,52)(H,54,55,56)(H,57,58,59)(H,60,61,62)(H,63,64,65)(H,66,67,68)/t10-,11-,12-,13-,14-,15-,16-,17-,18-,19-,20-,21+,22-,23-,24-,25+,26+,27-,28+,29-,32?,33-,34-,35-,36-/m1/s1. The van der Waals surface area contributed by atoms with Crippen molar-refractivity contribution in [2.24, 2.45) is 0 Å². The normalized spacial score (nSPS) is 39.0. The van der Waals surface area contributed by atoms with Crippen LogP contribution in [0.25, 0.3) is 0 Å². The van der Waals surface area contributed by atoms with E-state index in [9.17, 15) is 130 Å². The molecule has 5 saturated heterocycles. The number of carbonyl (C=O) groups excluding carboxylic acids is 3. The Morgan fingerprint density at radius 2 is 0.747 bits per heavy atom. The van der Waals surface area contributed by atoms with Gasteiger partial charge < -0.3 is 105 Å². The summed E-state index contributed by atoms with van der Waals surface area (Å²) in [5.41, 5.74) is 0. The number of rotatable bonds is 26. The molecule has 51 heteroatoms. The van der Waals surface area contributed by atoms with Gasteiger partial charge in [0.2, 0.25) is 17.7 Å². The highest BCUT2D eigenvalue weighted by molar-refractivity contribution is 7.81. The highest BCUT2D eigenvalue weighted by Gasteiger charge is 2.61. The fourth-order valence-electron chi connectivity index (χ4n) is 9.07. The lowest BCUT2D eigenvalue weighted by molar-refractivity contribution is -0.373. The molecular weight excluding hydrogens is 1320 g/mol. The maximum Gasteiger partial charge on any atom is 0.397 e. The van der Waals surface area contributed by atoms with E-state index in [1.54, 1.807) is 0 Å². The number of carboxylic acid groups (broad SMARTS) is 2. The van der Waals surface area contributed by atoms with Crippen molar-refractivity contribution in [3.63, 3.8) is 0 Å². The second-order valence-corrected chi connectivity index (χ2v) is 24.2. The van der Waals surface area contributed by atoms with Crippen LogP contribution in [0, 0.1) is 0 Å². The summed E-state index contributed by atoms with van der Waals surface area (Å²) in [5.74, 6) is -7.95. The van der Waals surface area contributed by atoms with E-state index in [2.05, 4.69) is 22.0 Å². The number of ether oxygens (including phenoxy) is 9. The van der Waals surface area contributed by atoms with Crippen LogP contribution in [0.4, 0.5) is 0 Å². The molecule has 17 N–H and O–H groups in total. The van der Waals surface area contributed by atoms with Gasteiger partial charge in [0.05, 0.1) is 19.8 Å². The quantitative estimate of drug-likeness (QED) is 0.0358. The first-order chi connectivity index (χ1) is 39.8. The molecule has 87 heavy (non-hydrogen) atoms. The van der Waals surface area contributed by atoms with Crippen molar-refractivity contribution in [3.8, 4) is 0 Å².